The summed E-state index contributed by atoms with van der Waals surface area (Å²) in [5.74, 6) is -0.819. The molecule has 0 atom stereocenters. The summed E-state index contributed by atoms with van der Waals surface area (Å²) in [7, 11) is 0. The molecule has 0 spiro atoms. The predicted octanol–water partition coefficient (Wildman–Crippen LogP) is 2.53. The Bertz CT molecular complexity index is 940. The van der Waals surface area contributed by atoms with E-state index in [2.05, 4.69) is 0 Å². The van der Waals surface area contributed by atoms with Gasteiger partial charge < -0.3 is 15.2 Å². The van der Waals surface area contributed by atoms with Crippen molar-refractivity contribution in [2.24, 2.45) is 5.73 Å². The summed E-state index contributed by atoms with van der Waals surface area (Å²) in [6.07, 6.45) is -4.81. The first-order chi connectivity index (χ1) is 12.2. The molecule has 0 radical (unpaired) electrons. The summed E-state index contributed by atoms with van der Waals surface area (Å²) < 4.78 is 50.9. The molecule has 0 saturated heterocycles. The quantitative estimate of drug-likeness (QED) is 0.875. The first kappa shape index (κ1) is 18.3. The summed E-state index contributed by atoms with van der Waals surface area (Å²) in [5.41, 5.74) is 2.97. The van der Waals surface area contributed by atoms with Crippen LogP contribution in [0.3, 0.4) is 0 Å². The van der Waals surface area contributed by atoms with Gasteiger partial charge in [-0.1, -0.05) is 11.6 Å². The summed E-state index contributed by atoms with van der Waals surface area (Å²) in [6, 6.07) is 4.37. The highest BCUT2D eigenvalue weighted by Crippen LogP contribution is 2.34. The highest BCUT2D eigenvalue weighted by molar-refractivity contribution is 6.30. The second-order valence-electron chi connectivity index (χ2n) is 5.55. The first-order valence-electron chi connectivity index (χ1n) is 7.31. The lowest BCUT2D eigenvalue weighted by atomic mass is 10.1. The number of ether oxygens (including phenoxy) is 2. The molecule has 0 fully saturated rings. The molecule has 1 aliphatic rings. The molecule has 0 bridgehead atoms. The number of carbonyl (C=O) groups excluding carboxylic acids is 1. The van der Waals surface area contributed by atoms with Crippen LogP contribution < -0.4 is 16.0 Å². The zero-order valence-electron chi connectivity index (χ0n) is 13.1. The van der Waals surface area contributed by atoms with Gasteiger partial charge in [-0.2, -0.15) is 13.2 Å². The first-order valence-corrected chi connectivity index (χ1v) is 7.69. The van der Waals surface area contributed by atoms with Crippen LogP contribution in [0.4, 0.5) is 13.2 Å². The van der Waals surface area contributed by atoms with Gasteiger partial charge >= 0.3 is 6.18 Å². The highest BCUT2D eigenvalue weighted by Gasteiger charge is 2.35. The molecular formula is C16H12ClF3N2O4. The van der Waals surface area contributed by atoms with Crippen LogP contribution in [0, 0.1) is 0 Å². The Kier molecular flexibility index (Phi) is 4.68. The van der Waals surface area contributed by atoms with Gasteiger partial charge in [0.25, 0.3) is 11.5 Å². The van der Waals surface area contributed by atoms with Crippen molar-refractivity contribution in [2.75, 3.05) is 6.79 Å². The minimum Gasteiger partial charge on any atom is -0.467 e. The number of nitrogens with zero attached hydrogens (tertiary/aromatic N) is 1. The molecule has 2 N–H and O–H groups in total. The fourth-order valence-corrected chi connectivity index (χ4v) is 2.98. The molecule has 1 amide bonds. The number of nitrogens with two attached hydrogens (primary N) is 1. The average Bonchev–Trinajstić information content (AvgIpc) is 2.55. The number of amides is 1. The van der Waals surface area contributed by atoms with E-state index in [9.17, 15) is 22.8 Å². The Morgan fingerprint density at radius 3 is 2.69 bits per heavy atom. The lowest BCUT2D eigenvalue weighted by Gasteiger charge is -2.23. The van der Waals surface area contributed by atoms with E-state index >= 15 is 0 Å². The Morgan fingerprint density at radius 1 is 1.31 bits per heavy atom. The number of pyridine rings is 1. The van der Waals surface area contributed by atoms with Crippen molar-refractivity contribution in [2.45, 2.75) is 19.3 Å². The van der Waals surface area contributed by atoms with E-state index in [1.165, 1.54) is 6.07 Å². The van der Waals surface area contributed by atoms with Gasteiger partial charge in [0.2, 0.25) is 0 Å². The standard InChI is InChI=1S/C16H12ClF3N2O4/c17-10-3-8(13-9(4-10)6-25-7-26-13)5-22-12(16(18,19)20)2-1-11(14(21)23)15(22)24/h1-4H,5-7H2,(H2,21,23). The number of benzene rings is 1. The SMILES string of the molecule is NC(=O)c1ccc(C(F)(F)F)n(Cc2cc(Cl)cc3c2OCOC3)c1=O. The normalized spacial score (nSPS) is 13.8. The van der Waals surface area contributed by atoms with E-state index in [-0.39, 0.29) is 24.0 Å². The lowest BCUT2D eigenvalue weighted by molar-refractivity contribution is -0.144. The molecule has 3 rings (SSSR count). The maximum Gasteiger partial charge on any atom is 0.431 e. The minimum absolute atomic E-state index is 0.0794. The van der Waals surface area contributed by atoms with Crippen molar-refractivity contribution in [3.63, 3.8) is 0 Å². The van der Waals surface area contributed by atoms with Gasteiger partial charge in [-0.25, -0.2) is 0 Å². The van der Waals surface area contributed by atoms with E-state index in [0.29, 0.717) is 21.9 Å². The van der Waals surface area contributed by atoms with Gasteiger partial charge in [0, 0.05) is 16.1 Å². The summed E-state index contributed by atoms with van der Waals surface area (Å²) in [5, 5.41) is 0.250. The van der Waals surface area contributed by atoms with Crippen LogP contribution in [0.5, 0.6) is 5.75 Å². The molecule has 1 aliphatic heterocycles. The number of carbonyl (C=O) groups is 1. The zero-order valence-corrected chi connectivity index (χ0v) is 13.9. The Labute approximate surface area is 149 Å². The minimum atomic E-state index is -4.81. The third kappa shape index (κ3) is 3.40. The number of aromatic nitrogens is 1. The molecule has 2 aromatic rings. The van der Waals surface area contributed by atoms with Gasteiger partial charge in [0.05, 0.1) is 13.2 Å². The number of rotatable bonds is 3. The van der Waals surface area contributed by atoms with E-state index in [0.717, 1.165) is 6.07 Å². The molecule has 0 saturated carbocycles. The van der Waals surface area contributed by atoms with Crippen LogP contribution in [-0.2, 0) is 24.1 Å². The maximum atomic E-state index is 13.3. The Balaban J connectivity index is 2.19. The largest absolute Gasteiger partial charge is 0.467 e. The number of halogens is 4. The molecule has 0 unspecified atom stereocenters. The number of hydrogen-bond donors (Lipinski definition) is 1. The maximum absolute atomic E-state index is 13.3. The van der Waals surface area contributed by atoms with Crippen LogP contribution in [0.15, 0.2) is 29.1 Å². The Morgan fingerprint density at radius 2 is 2.04 bits per heavy atom. The van der Waals surface area contributed by atoms with Crippen LogP contribution >= 0.6 is 11.6 Å². The van der Waals surface area contributed by atoms with Crippen LogP contribution in [0.25, 0.3) is 0 Å². The number of alkyl halides is 3. The average molecular weight is 389 g/mol. The molecule has 0 aliphatic carbocycles. The molecule has 138 valence electrons. The smallest absolute Gasteiger partial charge is 0.431 e. The van der Waals surface area contributed by atoms with Crippen molar-refractivity contribution in [1.82, 2.24) is 4.57 Å². The molecule has 26 heavy (non-hydrogen) atoms. The third-order valence-corrected chi connectivity index (χ3v) is 4.03. The van der Waals surface area contributed by atoms with E-state index < -0.39 is 35.4 Å². The molecule has 6 nitrogen and oxygen atoms in total. The number of fused-ring (bicyclic) bond motifs is 1. The van der Waals surface area contributed by atoms with Crippen molar-refractivity contribution in [3.8, 4) is 5.75 Å². The van der Waals surface area contributed by atoms with Gasteiger partial charge in [-0.15, -0.1) is 0 Å². The molecule has 2 heterocycles. The van der Waals surface area contributed by atoms with Crippen LogP contribution in [-0.4, -0.2) is 17.3 Å². The van der Waals surface area contributed by atoms with Crippen molar-refractivity contribution in [3.05, 3.63) is 62.0 Å². The Hall–Kier alpha value is -2.52. The fraction of sp³-hybridized carbons (Fsp3) is 0.250. The van der Waals surface area contributed by atoms with Crippen molar-refractivity contribution in [1.29, 1.82) is 0 Å². The summed E-state index contributed by atoms with van der Waals surface area (Å²) >= 11 is 6.00. The van der Waals surface area contributed by atoms with Gasteiger partial charge in [0.1, 0.15) is 17.0 Å². The molecule has 10 heteroatoms. The number of hydrogen-bond acceptors (Lipinski definition) is 4. The topological polar surface area (TPSA) is 83.6 Å². The summed E-state index contributed by atoms with van der Waals surface area (Å²) in [6.45, 7) is -0.410. The third-order valence-electron chi connectivity index (χ3n) is 3.81. The predicted molar refractivity (Wildman–Crippen MR) is 85.1 cm³/mol. The molecule has 1 aromatic heterocycles. The summed E-state index contributed by atoms with van der Waals surface area (Å²) in [4.78, 5) is 23.7. The van der Waals surface area contributed by atoms with Gasteiger partial charge in [-0.05, 0) is 24.3 Å². The highest BCUT2D eigenvalue weighted by atomic mass is 35.5. The van der Waals surface area contributed by atoms with E-state index in [4.69, 9.17) is 26.8 Å². The molecular weight excluding hydrogens is 377 g/mol. The van der Waals surface area contributed by atoms with Crippen LogP contribution in [0.1, 0.15) is 27.2 Å². The monoisotopic (exact) mass is 388 g/mol. The molecule has 1 aromatic carbocycles. The van der Waals surface area contributed by atoms with E-state index in [1.54, 1.807) is 6.07 Å². The van der Waals surface area contributed by atoms with Gasteiger partial charge in [0.15, 0.2) is 6.79 Å². The van der Waals surface area contributed by atoms with Crippen molar-refractivity contribution < 1.29 is 27.4 Å². The number of primary amides is 1. The second kappa shape index (κ2) is 6.65. The second-order valence-corrected chi connectivity index (χ2v) is 5.99. The zero-order chi connectivity index (χ0) is 19.1. The van der Waals surface area contributed by atoms with Crippen LogP contribution in [0.2, 0.25) is 5.02 Å². The lowest BCUT2D eigenvalue weighted by Crippen LogP contribution is -2.34. The fourth-order valence-electron chi connectivity index (χ4n) is 2.71. The van der Waals surface area contributed by atoms with E-state index in [1.807, 2.05) is 0 Å². The van der Waals surface area contributed by atoms with Gasteiger partial charge in [-0.3, -0.25) is 14.2 Å². The van der Waals surface area contributed by atoms with Crippen molar-refractivity contribution >= 4 is 17.5 Å².